The minimum Gasteiger partial charge on any atom is -0.463 e. The van der Waals surface area contributed by atoms with Gasteiger partial charge in [-0.2, -0.15) is 0 Å². The van der Waals surface area contributed by atoms with Crippen molar-refractivity contribution in [1.29, 1.82) is 0 Å². The molecular formula is C27H30F2N4O4. The largest absolute Gasteiger partial charge is 0.463 e. The number of halogens is 2. The minimum absolute atomic E-state index is 0.0338. The summed E-state index contributed by atoms with van der Waals surface area (Å²) in [6.07, 6.45) is 0. The predicted octanol–water partition coefficient (Wildman–Crippen LogP) is 3.33. The third kappa shape index (κ3) is 5.64. The molecule has 2 aromatic carbocycles. The summed E-state index contributed by atoms with van der Waals surface area (Å²) in [6, 6.07) is 10.4. The number of carbonyl (C=O) groups excluding carboxylic acids is 3. The van der Waals surface area contributed by atoms with Crippen molar-refractivity contribution >= 4 is 17.9 Å². The number of rotatable bonds is 7. The van der Waals surface area contributed by atoms with Crippen molar-refractivity contribution in [2.24, 2.45) is 0 Å². The van der Waals surface area contributed by atoms with Crippen LogP contribution in [-0.4, -0.2) is 78.5 Å². The summed E-state index contributed by atoms with van der Waals surface area (Å²) in [4.78, 5) is 44.1. The molecule has 0 unspecified atom stereocenters. The van der Waals surface area contributed by atoms with E-state index in [2.05, 4.69) is 5.32 Å². The lowest BCUT2D eigenvalue weighted by Crippen LogP contribution is -2.53. The molecule has 3 amide bonds. The fourth-order valence-corrected chi connectivity index (χ4v) is 4.69. The molecule has 37 heavy (non-hydrogen) atoms. The van der Waals surface area contributed by atoms with Crippen molar-refractivity contribution in [3.05, 3.63) is 82.6 Å². The summed E-state index contributed by atoms with van der Waals surface area (Å²) >= 11 is 0. The van der Waals surface area contributed by atoms with Crippen LogP contribution in [0.1, 0.15) is 35.8 Å². The number of esters is 1. The van der Waals surface area contributed by atoms with Gasteiger partial charge in [0.25, 0.3) is 5.91 Å². The quantitative estimate of drug-likeness (QED) is 0.576. The molecule has 1 saturated heterocycles. The summed E-state index contributed by atoms with van der Waals surface area (Å²) in [5.74, 6) is -1.91. The Hall–Kier alpha value is -3.79. The summed E-state index contributed by atoms with van der Waals surface area (Å²) in [6.45, 7) is 5.95. The first-order chi connectivity index (χ1) is 17.8. The Morgan fingerprint density at radius 1 is 1.00 bits per heavy atom. The Kier molecular flexibility index (Phi) is 8.17. The van der Waals surface area contributed by atoms with E-state index >= 15 is 0 Å². The summed E-state index contributed by atoms with van der Waals surface area (Å²) in [5, 5.41) is 2.85. The second-order valence-electron chi connectivity index (χ2n) is 8.81. The van der Waals surface area contributed by atoms with Crippen LogP contribution in [-0.2, 0) is 9.53 Å². The molecule has 0 saturated carbocycles. The van der Waals surface area contributed by atoms with Crippen LogP contribution in [0.2, 0.25) is 0 Å². The highest BCUT2D eigenvalue weighted by Gasteiger charge is 2.38. The number of benzene rings is 2. The van der Waals surface area contributed by atoms with E-state index in [1.807, 2.05) is 11.8 Å². The highest BCUT2D eigenvalue weighted by Crippen LogP contribution is 2.32. The van der Waals surface area contributed by atoms with Crippen molar-refractivity contribution < 1.29 is 27.9 Å². The van der Waals surface area contributed by atoms with Gasteiger partial charge in [0.1, 0.15) is 11.6 Å². The third-order valence-corrected chi connectivity index (χ3v) is 6.59. The number of amides is 3. The van der Waals surface area contributed by atoms with Crippen molar-refractivity contribution in [2.75, 3.05) is 45.9 Å². The molecule has 196 valence electrons. The van der Waals surface area contributed by atoms with E-state index in [1.165, 1.54) is 47.4 Å². The minimum atomic E-state index is -0.797. The van der Waals surface area contributed by atoms with Gasteiger partial charge in [0.15, 0.2) is 0 Å². The van der Waals surface area contributed by atoms with Gasteiger partial charge in [-0.1, -0.05) is 24.3 Å². The lowest BCUT2D eigenvalue weighted by Gasteiger charge is -2.40. The fraction of sp³-hybridized carbons (Fsp3) is 0.370. The van der Waals surface area contributed by atoms with Crippen LogP contribution < -0.4 is 5.32 Å². The van der Waals surface area contributed by atoms with Crippen LogP contribution in [0.4, 0.5) is 13.6 Å². The average Bonchev–Trinajstić information content (AvgIpc) is 2.89. The smallest absolute Gasteiger partial charge is 0.338 e. The maximum Gasteiger partial charge on any atom is 0.338 e. The summed E-state index contributed by atoms with van der Waals surface area (Å²) in [5.41, 5.74) is 1.39. The summed E-state index contributed by atoms with van der Waals surface area (Å²) < 4.78 is 33.0. The first kappa shape index (κ1) is 26.3. The third-order valence-electron chi connectivity index (χ3n) is 6.59. The van der Waals surface area contributed by atoms with E-state index in [-0.39, 0.29) is 30.7 Å². The van der Waals surface area contributed by atoms with Crippen LogP contribution in [0.5, 0.6) is 0 Å². The molecule has 1 fully saturated rings. The number of likely N-dealkylation sites (N-methyl/N-ethyl adjacent to an activating group) is 1. The maximum atomic E-state index is 14.1. The standard InChI is InChI=1S/C27H30F2N4O4/c1-3-33-22(17-31-13-15-32(16-14-31)25(34)20-7-5-6-8-21(20)29)23(26(35)37-4-2)24(30-27(33)36)18-9-11-19(28)12-10-18/h5-12,24H,3-4,13-17H2,1-2H3,(H,30,36)/t24-/m0/s1. The Bertz CT molecular complexity index is 1190. The van der Waals surface area contributed by atoms with Crippen molar-refractivity contribution in [2.45, 2.75) is 19.9 Å². The van der Waals surface area contributed by atoms with Crippen LogP contribution in [0.15, 0.2) is 59.8 Å². The van der Waals surface area contributed by atoms with Gasteiger partial charge in [-0.3, -0.25) is 14.6 Å². The van der Waals surface area contributed by atoms with E-state index in [1.54, 1.807) is 17.9 Å². The number of carbonyl (C=O) groups is 3. The highest BCUT2D eigenvalue weighted by atomic mass is 19.1. The highest BCUT2D eigenvalue weighted by molar-refractivity contribution is 5.95. The Morgan fingerprint density at radius 2 is 1.68 bits per heavy atom. The molecular weight excluding hydrogens is 482 g/mol. The lowest BCUT2D eigenvalue weighted by molar-refractivity contribution is -0.139. The molecule has 1 N–H and O–H groups in total. The second kappa shape index (κ2) is 11.5. The molecule has 2 aliphatic heterocycles. The first-order valence-electron chi connectivity index (χ1n) is 12.3. The molecule has 8 nitrogen and oxygen atoms in total. The van der Waals surface area contributed by atoms with Gasteiger partial charge in [0, 0.05) is 45.0 Å². The Morgan fingerprint density at radius 3 is 2.30 bits per heavy atom. The molecule has 0 bridgehead atoms. The first-order valence-corrected chi connectivity index (χ1v) is 12.3. The number of hydrogen-bond acceptors (Lipinski definition) is 5. The Labute approximate surface area is 214 Å². The van der Waals surface area contributed by atoms with Crippen LogP contribution in [0.25, 0.3) is 0 Å². The SMILES string of the molecule is CCOC(=O)C1=C(CN2CCN(C(=O)c3ccccc3F)CC2)N(CC)C(=O)N[C@H]1c1ccc(F)cc1. The van der Waals surface area contributed by atoms with Crippen molar-refractivity contribution in [1.82, 2.24) is 20.0 Å². The van der Waals surface area contributed by atoms with E-state index in [4.69, 9.17) is 4.74 Å². The van der Waals surface area contributed by atoms with Gasteiger partial charge in [-0.25, -0.2) is 18.4 Å². The molecule has 0 spiro atoms. The van der Waals surface area contributed by atoms with Gasteiger partial charge in [-0.15, -0.1) is 0 Å². The second-order valence-corrected chi connectivity index (χ2v) is 8.81. The zero-order valence-electron chi connectivity index (χ0n) is 20.9. The van der Waals surface area contributed by atoms with Gasteiger partial charge in [0.2, 0.25) is 0 Å². The molecule has 0 aromatic heterocycles. The zero-order chi connectivity index (χ0) is 26.5. The van der Waals surface area contributed by atoms with Crippen molar-refractivity contribution in [3.63, 3.8) is 0 Å². The molecule has 0 radical (unpaired) electrons. The molecule has 10 heteroatoms. The maximum absolute atomic E-state index is 14.1. The number of ether oxygens (including phenoxy) is 1. The van der Waals surface area contributed by atoms with Gasteiger partial charge >= 0.3 is 12.0 Å². The normalized spacial score (nSPS) is 18.6. The van der Waals surface area contributed by atoms with Crippen LogP contribution in [0.3, 0.4) is 0 Å². The average molecular weight is 513 g/mol. The number of hydrogen-bond donors (Lipinski definition) is 1. The van der Waals surface area contributed by atoms with Gasteiger partial charge in [-0.05, 0) is 43.7 Å². The molecule has 4 rings (SSSR count). The fourth-order valence-electron chi connectivity index (χ4n) is 4.69. The molecule has 0 aliphatic carbocycles. The number of nitrogens with zero attached hydrogens (tertiary/aromatic N) is 3. The summed E-state index contributed by atoms with van der Waals surface area (Å²) in [7, 11) is 0. The molecule has 2 aromatic rings. The van der Waals surface area contributed by atoms with E-state index < -0.39 is 23.6 Å². The Balaban J connectivity index is 1.59. The molecule has 1 atom stereocenters. The zero-order valence-corrected chi connectivity index (χ0v) is 20.9. The predicted molar refractivity (Wildman–Crippen MR) is 132 cm³/mol. The van der Waals surface area contributed by atoms with Crippen LogP contribution in [0, 0.1) is 11.6 Å². The monoisotopic (exact) mass is 512 g/mol. The van der Waals surface area contributed by atoms with Gasteiger partial charge in [0.05, 0.1) is 23.8 Å². The molecule has 2 heterocycles. The van der Waals surface area contributed by atoms with Crippen LogP contribution >= 0.6 is 0 Å². The number of nitrogens with one attached hydrogen (secondary N) is 1. The van der Waals surface area contributed by atoms with E-state index in [9.17, 15) is 23.2 Å². The number of piperazine rings is 1. The lowest BCUT2D eigenvalue weighted by atomic mass is 9.94. The topological polar surface area (TPSA) is 82.2 Å². The van der Waals surface area contributed by atoms with Gasteiger partial charge < -0.3 is 15.0 Å². The number of urea groups is 1. The van der Waals surface area contributed by atoms with E-state index in [0.29, 0.717) is 49.6 Å². The van der Waals surface area contributed by atoms with Crippen molar-refractivity contribution in [3.8, 4) is 0 Å². The van der Waals surface area contributed by atoms with E-state index in [0.717, 1.165) is 0 Å². The molecule has 2 aliphatic rings.